The summed E-state index contributed by atoms with van der Waals surface area (Å²) in [6.07, 6.45) is 0. The van der Waals surface area contributed by atoms with Crippen LogP contribution >= 0.6 is 0 Å². The van der Waals surface area contributed by atoms with Crippen molar-refractivity contribution in [2.75, 3.05) is 4.90 Å². The maximum absolute atomic E-state index is 6.34. The summed E-state index contributed by atoms with van der Waals surface area (Å²) >= 11 is 0. The number of benzene rings is 6. The summed E-state index contributed by atoms with van der Waals surface area (Å²) in [7, 11) is 0. The van der Waals surface area contributed by atoms with Crippen LogP contribution in [0.3, 0.4) is 0 Å². The van der Waals surface area contributed by atoms with E-state index in [1.165, 1.54) is 44.5 Å². The first kappa shape index (κ1) is 28.2. The number of fused-ring (bicyclic) bond motifs is 9. The number of rotatable bonds is 3. The van der Waals surface area contributed by atoms with Crippen LogP contribution in [-0.2, 0) is 16.2 Å². The minimum atomic E-state index is -0.160. The van der Waals surface area contributed by atoms with Gasteiger partial charge in [0.05, 0.1) is 0 Å². The fraction of sp³-hybridized carbons (Fsp3) is 0.200. The van der Waals surface area contributed by atoms with Gasteiger partial charge in [-0.25, -0.2) is 0 Å². The summed E-state index contributed by atoms with van der Waals surface area (Å²) in [6.45, 7) is 14.5. The standard InChI is InChI=1S/C45H39NO/c1-43(2)38-24-29(46(28-14-8-7-9-15-28)30-21-23-34-33-17-11-13-19-41(33)47-42(34)25-30)20-22-32(38)35-27-40-36(26-39(35)43)31-16-10-12-18-37(31)44(3,4)45(40,5)6/h7-27H,1-6H3. The van der Waals surface area contributed by atoms with Crippen molar-refractivity contribution in [2.45, 2.75) is 57.8 Å². The molecule has 2 heteroatoms. The van der Waals surface area contributed by atoms with Crippen molar-refractivity contribution in [1.82, 2.24) is 0 Å². The molecule has 1 aromatic heterocycles. The van der Waals surface area contributed by atoms with Crippen LogP contribution in [0.15, 0.2) is 132 Å². The highest BCUT2D eigenvalue weighted by Crippen LogP contribution is 2.58. The van der Waals surface area contributed by atoms with Gasteiger partial charge in [-0.3, -0.25) is 0 Å². The zero-order valence-corrected chi connectivity index (χ0v) is 28.0. The Morgan fingerprint density at radius 2 is 0.979 bits per heavy atom. The van der Waals surface area contributed by atoms with E-state index in [1.807, 2.05) is 12.1 Å². The maximum atomic E-state index is 6.34. The van der Waals surface area contributed by atoms with Gasteiger partial charge in [-0.05, 0) is 110 Å². The number of furan rings is 1. The second-order valence-corrected chi connectivity index (χ2v) is 15.0. The van der Waals surface area contributed by atoms with E-state index in [4.69, 9.17) is 4.42 Å². The first-order valence-electron chi connectivity index (χ1n) is 16.8. The first-order chi connectivity index (χ1) is 22.6. The number of nitrogens with zero attached hydrogens (tertiary/aromatic N) is 1. The van der Waals surface area contributed by atoms with Crippen LogP contribution in [0.5, 0.6) is 0 Å². The smallest absolute Gasteiger partial charge is 0.137 e. The molecular weight excluding hydrogens is 571 g/mol. The lowest BCUT2D eigenvalue weighted by atomic mass is 9.55. The normalized spacial score (nSPS) is 16.4. The van der Waals surface area contributed by atoms with Gasteiger partial charge in [-0.1, -0.05) is 108 Å². The molecule has 47 heavy (non-hydrogen) atoms. The van der Waals surface area contributed by atoms with Crippen LogP contribution in [0.4, 0.5) is 17.1 Å². The molecular formula is C45H39NO. The molecule has 230 valence electrons. The predicted molar refractivity (Wildman–Crippen MR) is 197 cm³/mol. The third-order valence-corrected chi connectivity index (χ3v) is 11.8. The van der Waals surface area contributed by atoms with Crippen LogP contribution in [0.2, 0.25) is 0 Å². The number of anilines is 3. The molecule has 0 saturated heterocycles. The van der Waals surface area contributed by atoms with Gasteiger partial charge in [0.25, 0.3) is 0 Å². The Morgan fingerprint density at radius 1 is 0.404 bits per heavy atom. The second kappa shape index (κ2) is 9.48. The lowest BCUT2D eigenvalue weighted by molar-refractivity contribution is 0.299. The SMILES string of the molecule is CC1(C)c2cc(N(c3ccccc3)c3ccc4c(c3)oc3ccccc34)ccc2-c2cc3c(cc21)-c1ccccc1C(C)(C)C3(C)C. The molecule has 0 aliphatic heterocycles. The average molecular weight is 610 g/mol. The van der Waals surface area contributed by atoms with E-state index in [9.17, 15) is 0 Å². The highest BCUT2D eigenvalue weighted by atomic mass is 16.3. The minimum absolute atomic E-state index is 0.00275. The van der Waals surface area contributed by atoms with Gasteiger partial charge in [0, 0.05) is 39.3 Å². The van der Waals surface area contributed by atoms with Gasteiger partial charge in [-0.2, -0.15) is 0 Å². The molecule has 0 bridgehead atoms. The van der Waals surface area contributed by atoms with E-state index in [-0.39, 0.29) is 16.2 Å². The fourth-order valence-corrected chi connectivity index (χ4v) is 8.46. The van der Waals surface area contributed by atoms with Crippen molar-refractivity contribution >= 4 is 39.0 Å². The van der Waals surface area contributed by atoms with Crippen LogP contribution in [0, 0.1) is 0 Å². The lowest BCUT2D eigenvalue weighted by Crippen LogP contribution is -2.43. The molecule has 0 spiro atoms. The highest BCUT2D eigenvalue weighted by Gasteiger charge is 2.47. The van der Waals surface area contributed by atoms with E-state index in [0.29, 0.717) is 0 Å². The molecule has 7 aromatic rings. The van der Waals surface area contributed by atoms with E-state index < -0.39 is 0 Å². The van der Waals surface area contributed by atoms with Crippen LogP contribution < -0.4 is 4.90 Å². The van der Waals surface area contributed by atoms with E-state index in [1.54, 1.807) is 0 Å². The van der Waals surface area contributed by atoms with E-state index in [0.717, 1.165) is 39.0 Å². The summed E-state index contributed by atoms with van der Waals surface area (Å²) in [5.41, 5.74) is 16.1. The first-order valence-corrected chi connectivity index (χ1v) is 16.8. The molecule has 0 saturated carbocycles. The van der Waals surface area contributed by atoms with Crippen molar-refractivity contribution in [3.8, 4) is 22.3 Å². The summed E-state index contributed by atoms with van der Waals surface area (Å²) < 4.78 is 6.34. The Kier molecular flexibility index (Phi) is 5.68. The molecule has 0 fully saturated rings. The van der Waals surface area contributed by atoms with E-state index in [2.05, 4.69) is 162 Å². The molecule has 0 amide bonds. The second-order valence-electron chi connectivity index (χ2n) is 15.0. The largest absolute Gasteiger partial charge is 0.456 e. The highest BCUT2D eigenvalue weighted by molar-refractivity contribution is 6.06. The molecule has 1 heterocycles. The lowest BCUT2D eigenvalue weighted by Gasteiger charge is -2.48. The van der Waals surface area contributed by atoms with Crippen molar-refractivity contribution in [3.05, 3.63) is 150 Å². The Balaban J connectivity index is 1.22. The predicted octanol–water partition coefficient (Wildman–Crippen LogP) is 12.6. The molecule has 6 aromatic carbocycles. The van der Waals surface area contributed by atoms with Crippen LogP contribution in [-0.4, -0.2) is 0 Å². The third kappa shape index (κ3) is 3.79. The van der Waals surface area contributed by atoms with Gasteiger partial charge in [0.2, 0.25) is 0 Å². The minimum Gasteiger partial charge on any atom is -0.456 e. The summed E-state index contributed by atoms with van der Waals surface area (Å²) in [5.74, 6) is 0. The quantitative estimate of drug-likeness (QED) is 0.198. The van der Waals surface area contributed by atoms with Gasteiger partial charge >= 0.3 is 0 Å². The Bertz CT molecular complexity index is 2390. The molecule has 0 atom stereocenters. The van der Waals surface area contributed by atoms with Crippen molar-refractivity contribution in [2.24, 2.45) is 0 Å². The third-order valence-electron chi connectivity index (χ3n) is 11.8. The molecule has 2 nitrogen and oxygen atoms in total. The molecule has 2 aliphatic carbocycles. The Hall–Kier alpha value is -5.08. The monoisotopic (exact) mass is 609 g/mol. The number of para-hydroxylation sites is 2. The molecule has 0 unspecified atom stereocenters. The molecule has 0 radical (unpaired) electrons. The Morgan fingerprint density at radius 3 is 1.81 bits per heavy atom. The van der Waals surface area contributed by atoms with Crippen molar-refractivity contribution in [3.63, 3.8) is 0 Å². The van der Waals surface area contributed by atoms with Gasteiger partial charge < -0.3 is 9.32 Å². The van der Waals surface area contributed by atoms with Crippen LogP contribution in [0.25, 0.3) is 44.2 Å². The zero-order valence-electron chi connectivity index (χ0n) is 28.0. The topological polar surface area (TPSA) is 16.4 Å². The van der Waals surface area contributed by atoms with Crippen molar-refractivity contribution < 1.29 is 4.42 Å². The number of hydrogen-bond donors (Lipinski definition) is 0. The Labute approximate surface area is 277 Å². The van der Waals surface area contributed by atoms with Gasteiger partial charge in [-0.15, -0.1) is 0 Å². The van der Waals surface area contributed by atoms with Gasteiger partial charge in [0.1, 0.15) is 11.2 Å². The fourth-order valence-electron chi connectivity index (χ4n) is 8.46. The van der Waals surface area contributed by atoms with Gasteiger partial charge in [0.15, 0.2) is 0 Å². The van der Waals surface area contributed by atoms with Crippen molar-refractivity contribution in [1.29, 1.82) is 0 Å². The molecule has 2 aliphatic rings. The summed E-state index contributed by atoms with van der Waals surface area (Å²) in [4.78, 5) is 2.36. The maximum Gasteiger partial charge on any atom is 0.137 e. The molecule has 0 N–H and O–H groups in total. The number of hydrogen-bond acceptors (Lipinski definition) is 2. The molecule has 9 rings (SSSR count). The average Bonchev–Trinajstić information content (AvgIpc) is 3.55. The van der Waals surface area contributed by atoms with Crippen LogP contribution in [0.1, 0.15) is 63.8 Å². The van der Waals surface area contributed by atoms with E-state index >= 15 is 0 Å². The summed E-state index contributed by atoms with van der Waals surface area (Å²) in [5, 5.41) is 2.29. The summed E-state index contributed by atoms with van der Waals surface area (Å²) in [6, 6.07) is 46.7. The zero-order chi connectivity index (χ0) is 32.3.